The van der Waals surface area contributed by atoms with Crippen LogP contribution < -0.4 is 10.6 Å². The summed E-state index contributed by atoms with van der Waals surface area (Å²) in [6.45, 7) is 1.71. The highest BCUT2D eigenvalue weighted by Crippen LogP contribution is 2.34. The average Bonchev–Trinajstić information content (AvgIpc) is 3.20. The summed E-state index contributed by atoms with van der Waals surface area (Å²) in [5.74, 6) is 0.484. The van der Waals surface area contributed by atoms with Gasteiger partial charge in [-0.15, -0.1) is 0 Å². The summed E-state index contributed by atoms with van der Waals surface area (Å²) in [4.78, 5) is 26.3. The van der Waals surface area contributed by atoms with E-state index in [4.69, 9.17) is 0 Å². The lowest BCUT2D eigenvalue weighted by molar-refractivity contribution is -0.129. The molecule has 1 aromatic rings. The van der Waals surface area contributed by atoms with Crippen LogP contribution in [0.4, 0.5) is 4.79 Å². The average molecular weight is 343 g/mol. The molecule has 0 spiro atoms. The van der Waals surface area contributed by atoms with Crippen molar-refractivity contribution in [2.75, 3.05) is 19.6 Å². The zero-order valence-electron chi connectivity index (χ0n) is 14.9. The molecule has 5 heteroatoms. The van der Waals surface area contributed by atoms with Crippen LogP contribution in [0.1, 0.15) is 56.6 Å². The predicted molar refractivity (Wildman–Crippen MR) is 98.1 cm³/mol. The normalized spacial score (nSPS) is 19.4. The number of hydrogen-bond acceptors (Lipinski definition) is 2. The van der Waals surface area contributed by atoms with E-state index in [0.717, 1.165) is 44.3 Å². The SMILES string of the molecule is O=C(NCC(=O)N1CCCC1)NC(c1ccccc1)C1CCCCC1. The van der Waals surface area contributed by atoms with Crippen molar-refractivity contribution in [1.29, 1.82) is 0 Å². The molecule has 3 rings (SSSR count). The van der Waals surface area contributed by atoms with Crippen LogP contribution >= 0.6 is 0 Å². The van der Waals surface area contributed by atoms with E-state index in [1.165, 1.54) is 19.3 Å². The number of likely N-dealkylation sites (tertiary alicyclic amines) is 1. The number of carbonyl (C=O) groups excluding carboxylic acids is 2. The van der Waals surface area contributed by atoms with E-state index in [2.05, 4.69) is 22.8 Å². The minimum absolute atomic E-state index is 0.0153. The summed E-state index contributed by atoms with van der Waals surface area (Å²) >= 11 is 0. The molecule has 1 aliphatic carbocycles. The van der Waals surface area contributed by atoms with Gasteiger partial charge in [0.05, 0.1) is 12.6 Å². The predicted octanol–water partition coefficient (Wildman–Crippen LogP) is 3.23. The molecule has 0 bridgehead atoms. The molecule has 0 radical (unpaired) electrons. The van der Waals surface area contributed by atoms with Crippen molar-refractivity contribution in [2.45, 2.75) is 51.0 Å². The second-order valence-corrected chi connectivity index (χ2v) is 7.20. The van der Waals surface area contributed by atoms with E-state index < -0.39 is 0 Å². The van der Waals surface area contributed by atoms with E-state index in [-0.39, 0.29) is 24.5 Å². The minimum atomic E-state index is -0.244. The van der Waals surface area contributed by atoms with Gasteiger partial charge in [-0.05, 0) is 37.2 Å². The largest absolute Gasteiger partial charge is 0.341 e. The van der Waals surface area contributed by atoms with Gasteiger partial charge in [0.25, 0.3) is 0 Å². The Bertz CT molecular complexity index is 564. The van der Waals surface area contributed by atoms with Gasteiger partial charge < -0.3 is 15.5 Å². The van der Waals surface area contributed by atoms with Gasteiger partial charge in [-0.2, -0.15) is 0 Å². The maximum absolute atomic E-state index is 12.4. The van der Waals surface area contributed by atoms with Gasteiger partial charge in [-0.1, -0.05) is 49.6 Å². The van der Waals surface area contributed by atoms with Crippen LogP contribution in [-0.4, -0.2) is 36.5 Å². The lowest BCUT2D eigenvalue weighted by Crippen LogP contribution is -2.45. The second-order valence-electron chi connectivity index (χ2n) is 7.20. The molecular weight excluding hydrogens is 314 g/mol. The third-order valence-corrected chi connectivity index (χ3v) is 5.43. The summed E-state index contributed by atoms with van der Waals surface area (Å²) in [7, 11) is 0. The number of nitrogens with one attached hydrogen (secondary N) is 2. The first-order valence-electron chi connectivity index (χ1n) is 9.61. The molecule has 136 valence electrons. The Morgan fingerprint density at radius 2 is 1.68 bits per heavy atom. The van der Waals surface area contributed by atoms with Crippen LogP contribution in [0.25, 0.3) is 0 Å². The van der Waals surface area contributed by atoms with Crippen molar-refractivity contribution in [2.24, 2.45) is 5.92 Å². The van der Waals surface area contributed by atoms with Crippen LogP contribution in [0.3, 0.4) is 0 Å². The lowest BCUT2D eigenvalue weighted by Gasteiger charge is -2.31. The van der Waals surface area contributed by atoms with E-state index >= 15 is 0 Å². The Kier molecular flexibility index (Phi) is 6.31. The third-order valence-electron chi connectivity index (χ3n) is 5.43. The Labute approximate surface area is 150 Å². The molecule has 1 atom stereocenters. The molecule has 1 aromatic carbocycles. The van der Waals surface area contributed by atoms with E-state index in [9.17, 15) is 9.59 Å². The fourth-order valence-electron chi connectivity index (χ4n) is 4.03. The molecule has 1 heterocycles. The van der Waals surface area contributed by atoms with Crippen LogP contribution in [0.5, 0.6) is 0 Å². The smallest absolute Gasteiger partial charge is 0.315 e. The van der Waals surface area contributed by atoms with Crippen LogP contribution in [0, 0.1) is 5.92 Å². The first-order chi connectivity index (χ1) is 12.2. The van der Waals surface area contributed by atoms with Gasteiger partial charge in [0.15, 0.2) is 0 Å². The Hall–Kier alpha value is -2.04. The standard InChI is InChI=1S/C20H29N3O2/c24-18(23-13-7-8-14-23)15-21-20(25)22-19(16-9-3-1-4-10-16)17-11-5-2-6-12-17/h1,3-4,9-10,17,19H,2,5-8,11-15H2,(H2,21,22,25). The number of urea groups is 1. The van der Waals surface area contributed by atoms with E-state index in [1.807, 2.05) is 23.1 Å². The van der Waals surface area contributed by atoms with Crippen molar-refractivity contribution in [1.82, 2.24) is 15.5 Å². The second kappa shape index (κ2) is 8.88. The van der Waals surface area contributed by atoms with Crippen molar-refractivity contribution in [3.05, 3.63) is 35.9 Å². The number of benzene rings is 1. The van der Waals surface area contributed by atoms with E-state index in [1.54, 1.807) is 0 Å². The van der Waals surface area contributed by atoms with Crippen molar-refractivity contribution in [3.8, 4) is 0 Å². The summed E-state index contributed by atoms with van der Waals surface area (Å²) < 4.78 is 0. The van der Waals surface area contributed by atoms with Gasteiger partial charge >= 0.3 is 6.03 Å². The maximum atomic E-state index is 12.4. The van der Waals surface area contributed by atoms with Gasteiger partial charge in [-0.25, -0.2) is 4.79 Å². The van der Waals surface area contributed by atoms with Gasteiger partial charge in [-0.3, -0.25) is 4.79 Å². The van der Waals surface area contributed by atoms with Crippen molar-refractivity contribution < 1.29 is 9.59 Å². The van der Waals surface area contributed by atoms with Gasteiger partial charge in [0, 0.05) is 13.1 Å². The first kappa shape index (κ1) is 17.8. The number of nitrogens with zero attached hydrogens (tertiary/aromatic N) is 1. The fourth-order valence-corrected chi connectivity index (χ4v) is 4.03. The third kappa shape index (κ3) is 4.97. The zero-order chi connectivity index (χ0) is 17.5. The van der Waals surface area contributed by atoms with Gasteiger partial charge in [0.2, 0.25) is 5.91 Å². The van der Waals surface area contributed by atoms with Crippen molar-refractivity contribution in [3.63, 3.8) is 0 Å². The molecular formula is C20H29N3O2. The molecule has 0 aromatic heterocycles. The maximum Gasteiger partial charge on any atom is 0.315 e. The minimum Gasteiger partial charge on any atom is -0.341 e. The Balaban J connectivity index is 1.57. The molecule has 5 nitrogen and oxygen atoms in total. The summed E-state index contributed by atoms with van der Waals surface area (Å²) in [5, 5.41) is 5.89. The Morgan fingerprint density at radius 1 is 1.00 bits per heavy atom. The molecule has 2 N–H and O–H groups in total. The van der Waals surface area contributed by atoms with Crippen LogP contribution in [0.15, 0.2) is 30.3 Å². The monoisotopic (exact) mass is 343 g/mol. The van der Waals surface area contributed by atoms with Crippen LogP contribution in [0.2, 0.25) is 0 Å². The summed E-state index contributed by atoms with van der Waals surface area (Å²) in [5.41, 5.74) is 1.15. The number of carbonyl (C=O) groups is 2. The van der Waals surface area contributed by atoms with Crippen molar-refractivity contribution >= 4 is 11.9 Å². The number of amides is 3. The number of rotatable bonds is 5. The highest BCUT2D eigenvalue weighted by atomic mass is 16.2. The summed E-state index contributed by atoms with van der Waals surface area (Å²) in [6.07, 6.45) is 8.16. The van der Waals surface area contributed by atoms with Crippen LogP contribution in [-0.2, 0) is 4.79 Å². The molecule has 3 amide bonds. The molecule has 1 saturated carbocycles. The molecule has 1 saturated heterocycles. The number of hydrogen-bond donors (Lipinski definition) is 2. The Morgan fingerprint density at radius 3 is 2.36 bits per heavy atom. The molecule has 2 aliphatic rings. The zero-order valence-corrected chi connectivity index (χ0v) is 14.9. The quantitative estimate of drug-likeness (QED) is 0.862. The molecule has 1 aliphatic heterocycles. The first-order valence-corrected chi connectivity index (χ1v) is 9.61. The van der Waals surface area contributed by atoms with Gasteiger partial charge in [0.1, 0.15) is 0 Å². The lowest BCUT2D eigenvalue weighted by atomic mass is 9.81. The molecule has 2 fully saturated rings. The highest BCUT2D eigenvalue weighted by molar-refractivity contribution is 5.84. The summed E-state index contributed by atoms with van der Waals surface area (Å²) in [6, 6.07) is 9.96. The molecule has 1 unspecified atom stereocenters. The molecule has 25 heavy (non-hydrogen) atoms. The fraction of sp³-hybridized carbons (Fsp3) is 0.600. The topological polar surface area (TPSA) is 61.4 Å². The highest BCUT2D eigenvalue weighted by Gasteiger charge is 2.27. The van der Waals surface area contributed by atoms with E-state index in [0.29, 0.717) is 5.92 Å².